The minimum Gasteiger partial charge on any atom is -0.365 e. The van der Waals surface area contributed by atoms with E-state index in [1.165, 1.54) is 0 Å². The van der Waals surface area contributed by atoms with Gasteiger partial charge in [-0.15, -0.1) is 0 Å². The molecule has 1 nitrogen and oxygen atoms in total. The first kappa shape index (κ1) is 9.65. The van der Waals surface area contributed by atoms with Gasteiger partial charge in [0.2, 0.25) is 0 Å². The fraction of sp³-hybridized carbons (Fsp3) is 0.714. The number of rotatable bonds is 0. The van der Waals surface area contributed by atoms with E-state index in [4.69, 9.17) is 0 Å². The molecule has 1 saturated heterocycles. The smallest absolute Gasteiger partial charge is 0.365 e. The quantitative estimate of drug-likeness (QED) is 0.602. The van der Waals surface area contributed by atoms with Crippen LogP contribution in [0.2, 0.25) is 0 Å². The van der Waals surface area contributed by atoms with Crippen molar-refractivity contribution in [3.63, 3.8) is 0 Å². The van der Waals surface area contributed by atoms with Crippen molar-refractivity contribution in [2.24, 2.45) is 5.41 Å². The second kappa shape index (κ2) is 3.16. The van der Waals surface area contributed by atoms with E-state index in [9.17, 15) is 0 Å². The van der Waals surface area contributed by atoms with Gasteiger partial charge in [-0.05, 0) is 13.6 Å². The molecule has 2 heteroatoms. The van der Waals surface area contributed by atoms with Crippen molar-refractivity contribution >= 4 is 0 Å². The van der Waals surface area contributed by atoms with Gasteiger partial charge in [0.25, 0.3) is 0 Å². The average molecular weight is 295 g/mol. The Hall–Kier alpha value is 0.648. The number of hydrogen-bond acceptors (Lipinski definition) is 1. The zero-order valence-electron chi connectivity index (χ0n) is 5.89. The Morgan fingerprint density at radius 1 is 1.44 bits per heavy atom. The summed E-state index contributed by atoms with van der Waals surface area (Å²) in [6.07, 6.45) is 1.14. The van der Waals surface area contributed by atoms with Crippen LogP contribution >= 0.6 is 0 Å². The topological polar surface area (TPSA) is 3.24 Å². The predicted molar refractivity (Wildman–Crippen MR) is 35.3 cm³/mol. The van der Waals surface area contributed by atoms with Crippen LogP contribution in [0.15, 0.2) is 0 Å². The molecule has 0 radical (unpaired) electrons. The first-order chi connectivity index (χ1) is 3.60. The molecule has 0 bridgehead atoms. The molecule has 0 N–H and O–H groups in total. The summed E-state index contributed by atoms with van der Waals surface area (Å²) >= 11 is 0. The maximum Gasteiger partial charge on any atom is 2.00 e. The van der Waals surface area contributed by atoms with Crippen molar-refractivity contribution in [2.75, 3.05) is 20.1 Å². The van der Waals surface area contributed by atoms with Gasteiger partial charge >= 0.3 is 21.1 Å². The Labute approximate surface area is 72.1 Å². The molecule has 9 heavy (non-hydrogen) atoms. The van der Waals surface area contributed by atoms with Crippen LogP contribution in [-0.4, -0.2) is 25.0 Å². The van der Waals surface area contributed by atoms with E-state index < -0.39 is 0 Å². The van der Waals surface area contributed by atoms with E-state index in [0.29, 0.717) is 0 Å². The second-order valence-corrected chi connectivity index (χ2v) is 2.99. The standard InChI is InChI=1S/C7H13N.W/c1-7(2)4-5-8(3)6-7;/h1-2,4-6H2,3H3;/q-2;+2. The summed E-state index contributed by atoms with van der Waals surface area (Å²) in [6.45, 7) is 10.1. The zero-order chi connectivity index (χ0) is 6.20. The van der Waals surface area contributed by atoms with Gasteiger partial charge in [-0.25, -0.2) is 0 Å². The van der Waals surface area contributed by atoms with E-state index >= 15 is 0 Å². The number of likely N-dealkylation sites (tertiary alicyclic amines) is 1. The van der Waals surface area contributed by atoms with Gasteiger partial charge in [0, 0.05) is 0 Å². The minimum atomic E-state index is 0. The maximum atomic E-state index is 3.97. The summed E-state index contributed by atoms with van der Waals surface area (Å²) in [4.78, 5) is 2.26. The zero-order valence-corrected chi connectivity index (χ0v) is 8.82. The van der Waals surface area contributed by atoms with Crippen LogP contribution in [0.5, 0.6) is 0 Å². The van der Waals surface area contributed by atoms with Gasteiger partial charge < -0.3 is 18.7 Å². The van der Waals surface area contributed by atoms with Crippen molar-refractivity contribution in [2.45, 2.75) is 6.42 Å². The molecule has 0 aromatic heterocycles. The van der Waals surface area contributed by atoms with Crippen molar-refractivity contribution in [1.29, 1.82) is 0 Å². The van der Waals surface area contributed by atoms with Crippen LogP contribution in [0.3, 0.4) is 0 Å². The summed E-state index contributed by atoms with van der Waals surface area (Å²) in [5.74, 6) is 0. The van der Waals surface area contributed by atoms with Gasteiger partial charge in [0.05, 0.1) is 0 Å². The Balaban J connectivity index is 0.000000640. The van der Waals surface area contributed by atoms with Gasteiger partial charge in [0.1, 0.15) is 0 Å². The summed E-state index contributed by atoms with van der Waals surface area (Å²) in [7, 11) is 2.11. The Morgan fingerprint density at radius 2 is 2.00 bits per heavy atom. The van der Waals surface area contributed by atoms with E-state index in [1.807, 2.05) is 0 Å². The van der Waals surface area contributed by atoms with Crippen LogP contribution in [0.4, 0.5) is 0 Å². The molecule has 1 rings (SSSR count). The summed E-state index contributed by atoms with van der Waals surface area (Å²) in [5, 5.41) is 0. The van der Waals surface area contributed by atoms with Gasteiger partial charge in [-0.1, -0.05) is 13.0 Å². The first-order valence-electron chi connectivity index (χ1n) is 2.99. The van der Waals surface area contributed by atoms with Crippen LogP contribution in [0.25, 0.3) is 0 Å². The van der Waals surface area contributed by atoms with Crippen LogP contribution in [-0.2, 0) is 21.1 Å². The molecule has 0 amide bonds. The van der Waals surface area contributed by atoms with Gasteiger partial charge in [0.15, 0.2) is 0 Å². The Bertz CT molecular complexity index is 90.9. The molecular weight excluding hydrogens is 282 g/mol. The third-order valence-corrected chi connectivity index (χ3v) is 1.63. The van der Waals surface area contributed by atoms with E-state index in [1.54, 1.807) is 0 Å². The molecule has 0 aromatic rings. The van der Waals surface area contributed by atoms with Gasteiger partial charge in [-0.2, -0.15) is 0 Å². The monoisotopic (exact) mass is 295 g/mol. The van der Waals surface area contributed by atoms with Gasteiger partial charge in [-0.3, -0.25) is 5.41 Å². The molecule has 0 spiro atoms. The first-order valence-corrected chi connectivity index (χ1v) is 2.99. The minimum absolute atomic E-state index is 0. The molecule has 0 aromatic carbocycles. The fourth-order valence-electron chi connectivity index (χ4n) is 1.16. The molecule has 1 heterocycles. The molecule has 1 aliphatic heterocycles. The van der Waals surface area contributed by atoms with Crippen LogP contribution in [0, 0.1) is 19.3 Å². The molecule has 52 valence electrons. The Morgan fingerprint density at radius 3 is 2.11 bits per heavy atom. The van der Waals surface area contributed by atoms with Crippen LogP contribution < -0.4 is 0 Å². The van der Waals surface area contributed by atoms with Crippen molar-refractivity contribution < 1.29 is 21.1 Å². The average Bonchev–Trinajstić information content (AvgIpc) is 1.82. The molecule has 0 atom stereocenters. The molecule has 0 saturated carbocycles. The summed E-state index contributed by atoms with van der Waals surface area (Å²) < 4.78 is 0. The van der Waals surface area contributed by atoms with E-state index in [2.05, 4.69) is 25.8 Å². The molecule has 0 aliphatic carbocycles. The number of hydrogen-bond donors (Lipinski definition) is 0. The largest absolute Gasteiger partial charge is 2.00 e. The van der Waals surface area contributed by atoms with Crippen LogP contribution in [0.1, 0.15) is 6.42 Å². The number of nitrogens with zero attached hydrogens (tertiary/aromatic N) is 1. The van der Waals surface area contributed by atoms with Crippen molar-refractivity contribution in [3.05, 3.63) is 13.8 Å². The summed E-state index contributed by atoms with van der Waals surface area (Å²) in [6, 6.07) is 0. The van der Waals surface area contributed by atoms with E-state index in [-0.39, 0.29) is 26.5 Å². The summed E-state index contributed by atoms with van der Waals surface area (Å²) in [5.41, 5.74) is 0.0920. The molecular formula is C7H13NW. The predicted octanol–water partition coefficient (Wildman–Crippen LogP) is 0.974. The Kier molecular flexibility index (Phi) is 3.39. The molecule has 1 fully saturated rings. The maximum absolute atomic E-state index is 3.97. The molecule has 1 aliphatic rings. The van der Waals surface area contributed by atoms with Crippen molar-refractivity contribution in [1.82, 2.24) is 4.90 Å². The van der Waals surface area contributed by atoms with E-state index in [0.717, 1.165) is 19.5 Å². The normalized spacial score (nSPS) is 25.7. The third kappa shape index (κ3) is 2.82. The third-order valence-electron chi connectivity index (χ3n) is 1.63. The second-order valence-electron chi connectivity index (χ2n) is 2.99. The van der Waals surface area contributed by atoms with Crippen molar-refractivity contribution in [3.8, 4) is 0 Å². The fourth-order valence-corrected chi connectivity index (χ4v) is 1.16. The molecule has 0 unspecified atom stereocenters. The SMILES string of the molecule is [CH2-]C1([CH2-])CCN(C)C1.[W+2].